The van der Waals surface area contributed by atoms with Gasteiger partial charge in [0.1, 0.15) is 5.82 Å². The van der Waals surface area contributed by atoms with E-state index in [0.29, 0.717) is 28.8 Å². The molecule has 0 saturated heterocycles. The van der Waals surface area contributed by atoms with E-state index < -0.39 is 10.7 Å². The van der Waals surface area contributed by atoms with Crippen molar-refractivity contribution in [2.45, 2.75) is 11.7 Å². The number of rotatable bonds is 8. The van der Waals surface area contributed by atoms with Crippen molar-refractivity contribution in [1.82, 2.24) is 14.8 Å². The zero-order valence-corrected chi connectivity index (χ0v) is 18.0. The van der Waals surface area contributed by atoms with E-state index in [1.54, 1.807) is 28.8 Å². The number of halogens is 1. The molecule has 0 aliphatic rings. The average molecular weight is 463 g/mol. The van der Waals surface area contributed by atoms with Gasteiger partial charge in [-0.25, -0.2) is 4.39 Å². The monoisotopic (exact) mass is 463 g/mol. The van der Waals surface area contributed by atoms with E-state index in [9.17, 15) is 19.3 Å². The van der Waals surface area contributed by atoms with Crippen LogP contribution < -0.4 is 5.32 Å². The minimum Gasteiger partial charge on any atom is -0.325 e. The first kappa shape index (κ1) is 22.2. The summed E-state index contributed by atoms with van der Waals surface area (Å²) in [6.07, 6.45) is 0. The number of nitro groups is 1. The second kappa shape index (κ2) is 10.0. The second-order valence-corrected chi connectivity index (χ2v) is 7.94. The van der Waals surface area contributed by atoms with Crippen LogP contribution in [0, 0.1) is 15.9 Å². The Morgan fingerprint density at radius 2 is 1.79 bits per heavy atom. The molecule has 3 aromatic carbocycles. The predicted octanol–water partition coefficient (Wildman–Crippen LogP) is 4.77. The van der Waals surface area contributed by atoms with Gasteiger partial charge in [0.15, 0.2) is 11.0 Å². The maximum Gasteiger partial charge on any atom is 0.271 e. The fourth-order valence-corrected chi connectivity index (χ4v) is 3.91. The molecule has 0 spiro atoms. The second-order valence-electron chi connectivity index (χ2n) is 7.00. The third-order valence-corrected chi connectivity index (χ3v) is 5.65. The lowest BCUT2D eigenvalue weighted by Crippen LogP contribution is -2.15. The Morgan fingerprint density at radius 1 is 1.03 bits per heavy atom. The van der Waals surface area contributed by atoms with E-state index in [4.69, 9.17) is 0 Å². The highest BCUT2D eigenvalue weighted by atomic mass is 32.2. The highest BCUT2D eigenvalue weighted by Gasteiger charge is 2.18. The Kier molecular flexibility index (Phi) is 6.75. The average Bonchev–Trinajstić information content (AvgIpc) is 3.21. The number of amides is 1. The van der Waals surface area contributed by atoms with Gasteiger partial charge in [0.2, 0.25) is 5.91 Å². The van der Waals surface area contributed by atoms with Crippen molar-refractivity contribution >= 4 is 29.0 Å². The molecule has 4 rings (SSSR count). The highest BCUT2D eigenvalue weighted by Crippen LogP contribution is 2.27. The molecule has 33 heavy (non-hydrogen) atoms. The zero-order chi connectivity index (χ0) is 23.2. The van der Waals surface area contributed by atoms with E-state index in [-0.39, 0.29) is 17.3 Å². The van der Waals surface area contributed by atoms with Gasteiger partial charge in [-0.2, -0.15) is 0 Å². The van der Waals surface area contributed by atoms with Crippen molar-refractivity contribution in [2.75, 3.05) is 11.1 Å². The Morgan fingerprint density at radius 3 is 2.55 bits per heavy atom. The normalized spacial score (nSPS) is 10.7. The van der Waals surface area contributed by atoms with Crippen molar-refractivity contribution in [3.63, 3.8) is 0 Å². The van der Waals surface area contributed by atoms with E-state index in [2.05, 4.69) is 15.5 Å². The molecule has 1 aromatic heterocycles. The molecule has 0 radical (unpaired) electrons. The van der Waals surface area contributed by atoms with Gasteiger partial charge in [-0.1, -0.05) is 60.3 Å². The molecule has 1 amide bonds. The molecule has 0 aliphatic heterocycles. The van der Waals surface area contributed by atoms with E-state index in [1.165, 1.54) is 24.3 Å². The first-order valence-electron chi connectivity index (χ1n) is 9.90. The van der Waals surface area contributed by atoms with Crippen molar-refractivity contribution in [3.8, 4) is 11.4 Å². The van der Waals surface area contributed by atoms with Gasteiger partial charge >= 0.3 is 0 Å². The molecule has 10 heteroatoms. The van der Waals surface area contributed by atoms with Gasteiger partial charge in [0, 0.05) is 17.8 Å². The van der Waals surface area contributed by atoms with Crippen LogP contribution in [0.5, 0.6) is 0 Å². The highest BCUT2D eigenvalue weighted by molar-refractivity contribution is 7.99. The lowest BCUT2D eigenvalue weighted by atomic mass is 10.2. The Bertz CT molecular complexity index is 1300. The molecule has 0 bridgehead atoms. The zero-order valence-electron chi connectivity index (χ0n) is 17.2. The molecule has 4 aromatic rings. The molecule has 8 nitrogen and oxygen atoms in total. The number of carbonyl (C=O) groups is 1. The van der Waals surface area contributed by atoms with Crippen molar-refractivity contribution in [3.05, 3.63) is 100 Å². The molecule has 0 aliphatic carbocycles. The number of carbonyl (C=O) groups excluding carboxylic acids is 1. The van der Waals surface area contributed by atoms with Crippen LogP contribution in [0.2, 0.25) is 0 Å². The van der Waals surface area contributed by atoms with Gasteiger partial charge in [-0.05, 0) is 23.8 Å². The lowest BCUT2D eigenvalue weighted by molar-refractivity contribution is -0.384. The number of nitro benzene ring substituents is 1. The number of aromatic nitrogens is 3. The largest absolute Gasteiger partial charge is 0.325 e. The summed E-state index contributed by atoms with van der Waals surface area (Å²) in [4.78, 5) is 22.8. The van der Waals surface area contributed by atoms with Crippen LogP contribution in [0.15, 0.2) is 84.0 Å². The summed E-state index contributed by atoms with van der Waals surface area (Å²) in [5.74, 6) is -0.424. The predicted molar refractivity (Wildman–Crippen MR) is 123 cm³/mol. The molecule has 1 heterocycles. The summed E-state index contributed by atoms with van der Waals surface area (Å²) in [7, 11) is 0. The number of benzene rings is 3. The number of non-ortho nitro benzene ring substituents is 1. The van der Waals surface area contributed by atoms with Crippen molar-refractivity contribution in [2.24, 2.45) is 0 Å². The number of hydrogen-bond donors (Lipinski definition) is 1. The van der Waals surface area contributed by atoms with Crippen LogP contribution in [-0.4, -0.2) is 31.3 Å². The molecule has 0 fully saturated rings. The summed E-state index contributed by atoms with van der Waals surface area (Å²) >= 11 is 1.15. The standard InChI is InChI=1S/C23H18FN5O3S/c24-20-12-5-4-11-19(20)22-26-27-23(28(22)14-16-7-2-1-3-8-16)33-15-21(30)25-17-9-6-10-18(13-17)29(31)32/h1-13H,14-15H2,(H,25,30). The molecule has 0 unspecified atom stereocenters. The number of hydrogen-bond acceptors (Lipinski definition) is 6. The Hall–Kier alpha value is -4.05. The minimum absolute atomic E-state index is 0.00706. The minimum atomic E-state index is -0.527. The quantitative estimate of drug-likeness (QED) is 0.229. The molecular weight excluding hydrogens is 445 g/mol. The van der Waals surface area contributed by atoms with Crippen LogP contribution in [0.25, 0.3) is 11.4 Å². The third-order valence-electron chi connectivity index (χ3n) is 4.69. The van der Waals surface area contributed by atoms with E-state index >= 15 is 0 Å². The Labute approximate surface area is 192 Å². The number of nitrogens with one attached hydrogen (secondary N) is 1. The summed E-state index contributed by atoms with van der Waals surface area (Å²) in [6, 6.07) is 21.6. The first-order chi connectivity index (χ1) is 16.0. The van der Waals surface area contributed by atoms with Gasteiger partial charge in [0.05, 0.1) is 22.8 Å². The van der Waals surface area contributed by atoms with Crippen molar-refractivity contribution < 1.29 is 14.1 Å². The fraction of sp³-hybridized carbons (Fsp3) is 0.0870. The Balaban J connectivity index is 1.54. The third kappa shape index (κ3) is 5.42. The number of thioether (sulfide) groups is 1. The van der Waals surface area contributed by atoms with E-state index in [1.807, 2.05) is 30.3 Å². The van der Waals surface area contributed by atoms with Crippen LogP contribution >= 0.6 is 11.8 Å². The summed E-state index contributed by atoms with van der Waals surface area (Å²) in [6.45, 7) is 0.395. The van der Waals surface area contributed by atoms with Crippen LogP contribution in [0.1, 0.15) is 5.56 Å². The number of anilines is 1. The van der Waals surface area contributed by atoms with E-state index in [0.717, 1.165) is 17.3 Å². The lowest BCUT2D eigenvalue weighted by Gasteiger charge is -2.11. The van der Waals surface area contributed by atoms with Gasteiger partial charge < -0.3 is 5.32 Å². The fourth-order valence-electron chi connectivity index (χ4n) is 3.17. The van der Waals surface area contributed by atoms with Gasteiger partial charge in [-0.3, -0.25) is 19.5 Å². The smallest absolute Gasteiger partial charge is 0.271 e. The maximum atomic E-state index is 14.4. The van der Waals surface area contributed by atoms with Crippen molar-refractivity contribution in [1.29, 1.82) is 0 Å². The summed E-state index contributed by atoms with van der Waals surface area (Å²) < 4.78 is 16.2. The summed E-state index contributed by atoms with van der Waals surface area (Å²) in [5.41, 5.74) is 1.50. The maximum absolute atomic E-state index is 14.4. The molecule has 0 atom stereocenters. The molecule has 166 valence electrons. The molecular formula is C23H18FN5O3S. The topological polar surface area (TPSA) is 103 Å². The van der Waals surface area contributed by atoms with Crippen LogP contribution in [-0.2, 0) is 11.3 Å². The number of nitrogens with zero attached hydrogens (tertiary/aromatic N) is 4. The molecule has 1 N–H and O–H groups in total. The van der Waals surface area contributed by atoms with Gasteiger partial charge in [-0.15, -0.1) is 10.2 Å². The van der Waals surface area contributed by atoms with Crippen LogP contribution in [0.4, 0.5) is 15.8 Å². The van der Waals surface area contributed by atoms with Gasteiger partial charge in [0.25, 0.3) is 5.69 Å². The summed E-state index contributed by atoms with van der Waals surface area (Å²) in [5, 5.41) is 22.4. The molecule has 0 saturated carbocycles. The van der Waals surface area contributed by atoms with Crippen LogP contribution in [0.3, 0.4) is 0 Å². The first-order valence-corrected chi connectivity index (χ1v) is 10.9. The SMILES string of the molecule is O=C(CSc1nnc(-c2ccccc2F)n1Cc1ccccc1)Nc1cccc([N+](=O)[O-])c1.